The number of anilines is 4. The Morgan fingerprint density at radius 2 is 0.836 bits per heavy atom. The third kappa shape index (κ3) is 11.8. The third-order valence-corrected chi connectivity index (χ3v) is 8.94. The highest BCUT2D eigenvalue weighted by Crippen LogP contribution is 2.35. The van der Waals surface area contributed by atoms with Gasteiger partial charge in [-0.1, -0.05) is 12.1 Å². The fourth-order valence-corrected chi connectivity index (χ4v) is 5.45. The SMILES string of the molecule is CN(C)c1ccc(C2=CC(=C3C=CC(=[N+](C)C)C=C3)OC(c3ccc(N(C)C)cc3)=C2)cc1.CN(C)c1ccc(C=O)cc1.CN(C)c1ccc(C=O)cc1. The van der Waals surface area contributed by atoms with Gasteiger partial charge in [-0.25, -0.2) is 4.58 Å². The fourth-order valence-electron chi connectivity index (χ4n) is 5.45. The number of ether oxygens (including phenoxy) is 1. The van der Waals surface area contributed by atoms with Crippen LogP contribution in [0.4, 0.5) is 22.7 Å². The number of benzene rings is 4. The lowest BCUT2D eigenvalue weighted by Crippen LogP contribution is -2.10. The highest BCUT2D eigenvalue weighted by Gasteiger charge is 2.18. The number of hydrogen-bond acceptors (Lipinski definition) is 7. The number of rotatable bonds is 8. The maximum Gasteiger partial charge on any atom is 0.199 e. The first-order chi connectivity index (χ1) is 26.3. The summed E-state index contributed by atoms with van der Waals surface area (Å²) >= 11 is 0. The molecule has 1 heterocycles. The summed E-state index contributed by atoms with van der Waals surface area (Å²) in [6.45, 7) is 0. The van der Waals surface area contributed by atoms with Gasteiger partial charge in [0.2, 0.25) is 0 Å². The lowest BCUT2D eigenvalue weighted by atomic mass is 9.98. The third-order valence-electron chi connectivity index (χ3n) is 8.94. The second-order valence-electron chi connectivity index (χ2n) is 14.1. The summed E-state index contributed by atoms with van der Waals surface area (Å²) < 4.78 is 8.54. The van der Waals surface area contributed by atoms with Crippen LogP contribution in [0.1, 0.15) is 31.8 Å². The van der Waals surface area contributed by atoms with Crippen LogP contribution in [0.15, 0.2) is 145 Å². The van der Waals surface area contributed by atoms with Crippen molar-refractivity contribution in [2.45, 2.75) is 0 Å². The first-order valence-corrected chi connectivity index (χ1v) is 18.1. The molecule has 0 spiro atoms. The van der Waals surface area contributed by atoms with E-state index in [-0.39, 0.29) is 0 Å². The van der Waals surface area contributed by atoms with E-state index in [0.29, 0.717) is 0 Å². The maximum absolute atomic E-state index is 10.3. The van der Waals surface area contributed by atoms with Crippen LogP contribution in [0.25, 0.3) is 11.3 Å². The first-order valence-electron chi connectivity index (χ1n) is 18.1. The molecule has 0 atom stereocenters. The maximum atomic E-state index is 10.3. The number of aldehydes is 2. The standard InChI is InChI=1S/C29H32N3O.2C9H11NO/c1-30(2)25-13-7-21(8-14-25)24-19-28(22-9-15-26(16-10-22)31(3)4)33-29(20-24)23-11-17-27(18-12-23)32(5)6;2*1-10(2)9-5-3-8(7-11)4-6-9/h7-20H,1-6H3;2*3-7H,1-2H3/q+1;;. The van der Waals surface area contributed by atoms with Gasteiger partial charge in [0, 0.05) is 114 Å². The molecule has 4 aromatic carbocycles. The van der Waals surface area contributed by atoms with Gasteiger partial charge in [-0.2, -0.15) is 0 Å². The fraction of sp³-hybridized carbons (Fsp3) is 0.213. The number of carbonyl (C=O) groups is 2. The number of carbonyl (C=O) groups excluding carboxylic acids is 2. The summed E-state index contributed by atoms with van der Waals surface area (Å²) in [5.74, 6) is 1.70. The molecule has 0 unspecified atom stereocenters. The van der Waals surface area contributed by atoms with Gasteiger partial charge in [-0.15, -0.1) is 0 Å². The minimum Gasteiger partial charge on any atom is -0.456 e. The Labute approximate surface area is 327 Å². The van der Waals surface area contributed by atoms with Gasteiger partial charge in [0.1, 0.15) is 38.2 Å². The zero-order valence-electron chi connectivity index (χ0n) is 33.8. The summed E-state index contributed by atoms with van der Waals surface area (Å²) in [7, 11) is 20.2. The first kappa shape index (κ1) is 41.3. The van der Waals surface area contributed by atoms with Crippen LogP contribution < -0.4 is 19.6 Å². The van der Waals surface area contributed by atoms with Crippen molar-refractivity contribution in [1.29, 1.82) is 0 Å². The average Bonchev–Trinajstić information content (AvgIpc) is 3.21. The molecule has 0 bridgehead atoms. The van der Waals surface area contributed by atoms with Gasteiger partial charge in [0.15, 0.2) is 5.71 Å². The molecule has 6 rings (SSSR count). The Balaban J connectivity index is 0.000000248. The van der Waals surface area contributed by atoms with Crippen LogP contribution in [0.5, 0.6) is 0 Å². The smallest absolute Gasteiger partial charge is 0.199 e. The molecular formula is C47H54N5O3+. The van der Waals surface area contributed by atoms with Crippen molar-refractivity contribution in [2.75, 3.05) is 90.1 Å². The van der Waals surface area contributed by atoms with Crippen LogP contribution in [0, 0.1) is 0 Å². The Morgan fingerprint density at radius 1 is 0.473 bits per heavy atom. The van der Waals surface area contributed by atoms with Crippen molar-refractivity contribution in [3.8, 4) is 0 Å². The molecule has 2 aliphatic rings. The summed E-state index contributed by atoms with van der Waals surface area (Å²) in [5, 5.41) is 0. The number of hydrogen-bond donors (Lipinski definition) is 0. The van der Waals surface area contributed by atoms with E-state index in [9.17, 15) is 9.59 Å². The molecule has 284 valence electrons. The summed E-state index contributed by atoms with van der Waals surface area (Å²) in [4.78, 5) is 28.7. The van der Waals surface area contributed by atoms with E-state index in [0.717, 1.165) is 80.3 Å². The Morgan fingerprint density at radius 3 is 1.18 bits per heavy atom. The van der Waals surface area contributed by atoms with E-state index in [1.807, 2.05) is 115 Å². The van der Waals surface area contributed by atoms with Crippen molar-refractivity contribution < 1.29 is 18.9 Å². The second kappa shape index (κ2) is 19.6. The topological polar surface area (TPSA) is 59.3 Å². The normalized spacial score (nSPS) is 12.8. The lowest BCUT2D eigenvalue weighted by Gasteiger charge is -2.21. The molecule has 0 saturated carbocycles. The highest BCUT2D eigenvalue weighted by molar-refractivity contribution is 6.02. The highest BCUT2D eigenvalue weighted by atomic mass is 16.5. The Bertz CT molecular complexity index is 2020. The summed E-state index contributed by atoms with van der Waals surface area (Å²) in [6.07, 6.45) is 14.4. The van der Waals surface area contributed by atoms with Crippen LogP contribution in [-0.2, 0) is 4.74 Å². The molecule has 0 radical (unpaired) electrons. The molecule has 8 nitrogen and oxygen atoms in total. The van der Waals surface area contributed by atoms with E-state index in [2.05, 4.69) is 113 Å². The van der Waals surface area contributed by atoms with Crippen LogP contribution >= 0.6 is 0 Å². The number of allylic oxidation sites excluding steroid dienone is 8. The molecule has 0 saturated heterocycles. The summed E-state index contributed by atoms with van der Waals surface area (Å²) in [5.41, 5.74) is 11.5. The van der Waals surface area contributed by atoms with Crippen molar-refractivity contribution in [2.24, 2.45) is 0 Å². The van der Waals surface area contributed by atoms with Gasteiger partial charge in [0.25, 0.3) is 0 Å². The van der Waals surface area contributed by atoms with E-state index in [4.69, 9.17) is 4.74 Å². The van der Waals surface area contributed by atoms with Gasteiger partial charge in [-0.05, 0) is 120 Å². The van der Waals surface area contributed by atoms with Crippen molar-refractivity contribution in [3.63, 3.8) is 0 Å². The molecular weight excluding hydrogens is 683 g/mol. The quantitative estimate of drug-likeness (QED) is 0.133. The molecule has 55 heavy (non-hydrogen) atoms. The Hall–Kier alpha value is -6.41. The van der Waals surface area contributed by atoms with Gasteiger partial charge >= 0.3 is 0 Å². The predicted octanol–water partition coefficient (Wildman–Crippen LogP) is 8.50. The zero-order valence-corrected chi connectivity index (χ0v) is 33.8. The molecule has 1 aliphatic carbocycles. The minimum absolute atomic E-state index is 0.718. The van der Waals surface area contributed by atoms with Gasteiger partial charge in [0.05, 0.1) is 0 Å². The Kier molecular flexibility index (Phi) is 14.7. The summed E-state index contributed by atoms with van der Waals surface area (Å²) in [6, 6.07) is 32.0. The molecule has 0 N–H and O–H groups in total. The van der Waals surface area contributed by atoms with Crippen LogP contribution in [-0.4, -0.2) is 93.3 Å². The molecule has 0 fully saturated rings. The monoisotopic (exact) mass is 736 g/mol. The molecule has 0 aromatic heterocycles. The molecule has 4 aromatic rings. The van der Waals surface area contributed by atoms with Crippen molar-refractivity contribution in [1.82, 2.24) is 0 Å². The van der Waals surface area contributed by atoms with Crippen molar-refractivity contribution >= 4 is 52.4 Å². The number of nitrogens with zero attached hydrogens (tertiary/aromatic N) is 5. The average molecular weight is 737 g/mol. The molecule has 0 amide bonds. The molecule has 8 heteroatoms. The second-order valence-corrected chi connectivity index (χ2v) is 14.1. The largest absolute Gasteiger partial charge is 0.456 e. The van der Waals surface area contributed by atoms with Crippen LogP contribution in [0.3, 0.4) is 0 Å². The van der Waals surface area contributed by atoms with E-state index < -0.39 is 0 Å². The van der Waals surface area contributed by atoms with Gasteiger partial charge in [-0.3, -0.25) is 9.59 Å². The van der Waals surface area contributed by atoms with E-state index in [1.54, 1.807) is 0 Å². The zero-order chi connectivity index (χ0) is 40.1. The van der Waals surface area contributed by atoms with E-state index in [1.165, 1.54) is 5.69 Å². The van der Waals surface area contributed by atoms with Crippen molar-refractivity contribution in [3.05, 3.63) is 167 Å². The molecule has 1 aliphatic heterocycles. The lowest BCUT2D eigenvalue weighted by molar-refractivity contribution is -0.462. The van der Waals surface area contributed by atoms with Gasteiger partial charge < -0.3 is 24.3 Å². The predicted molar refractivity (Wildman–Crippen MR) is 233 cm³/mol. The minimum atomic E-state index is 0.718. The van der Waals surface area contributed by atoms with Crippen LogP contribution in [0.2, 0.25) is 0 Å². The van der Waals surface area contributed by atoms with E-state index >= 15 is 0 Å².